The molecule has 1 atom stereocenters. The van der Waals surface area contributed by atoms with Gasteiger partial charge in [-0.25, -0.2) is 0 Å². The first kappa shape index (κ1) is 14.7. The molecule has 0 aliphatic heterocycles. The Morgan fingerprint density at radius 2 is 1.79 bits per heavy atom. The van der Waals surface area contributed by atoms with Gasteiger partial charge in [-0.2, -0.15) is 0 Å². The average molecular weight is 312 g/mol. The van der Waals surface area contributed by atoms with Crippen molar-refractivity contribution in [3.05, 3.63) is 58.1 Å². The van der Waals surface area contributed by atoms with Crippen molar-refractivity contribution in [2.75, 3.05) is 7.05 Å². The summed E-state index contributed by atoms with van der Waals surface area (Å²) in [6.45, 7) is 2.14. The molecule has 2 aromatic carbocycles. The van der Waals surface area contributed by atoms with Crippen LogP contribution in [0.5, 0.6) is 0 Å². The summed E-state index contributed by atoms with van der Waals surface area (Å²) in [7, 11) is 1.96. The van der Waals surface area contributed by atoms with Crippen LogP contribution in [0.1, 0.15) is 18.5 Å². The molecule has 0 aliphatic carbocycles. The third-order valence-electron chi connectivity index (χ3n) is 2.93. The number of rotatable bonds is 4. The summed E-state index contributed by atoms with van der Waals surface area (Å²) in [5, 5.41) is 4.68. The first-order chi connectivity index (χ1) is 9.11. The number of hydrogen-bond acceptors (Lipinski definition) is 2. The van der Waals surface area contributed by atoms with Gasteiger partial charge in [0, 0.05) is 20.9 Å². The van der Waals surface area contributed by atoms with Crippen molar-refractivity contribution in [1.29, 1.82) is 0 Å². The second-order valence-electron chi connectivity index (χ2n) is 4.22. The van der Waals surface area contributed by atoms with E-state index in [9.17, 15) is 0 Å². The third-order valence-corrected chi connectivity index (χ3v) is 4.76. The second kappa shape index (κ2) is 6.67. The van der Waals surface area contributed by atoms with Crippen molar-refractivity contribution >= 4 is 35.0 Å². The van der Waals surface area contributed by atoms with Gasteiger partial charge in [-0.05, 0) is 43.8 Å². The van der Waals surface area contributed by atoms with Crippen LogP contribution < -0.4 is 5.32 Å². The minimum Gasteiger partial charge on any atom is -0.313 e. The van der Waals surface area contributed by atoms with E-state index in [2.05, 4.69) is 24.4 Å². The minimum atomic E-state index is 0.293. The topological polar surface area (TPSA) is 12.0 Å². The Morgan fingerprint density at radius 3 is 2.53 bits per heavy atom. The maximum Gasteiger partial charge on any atom is 0.0546 e. The predicted molar refractivity (Wildman–Crippen MR) is 84.5 cm³/mol. The van der Waals surface area contributed by atoms with Gasteiger partial charge in [-0.1, -0.05) is 53.2 Å². The Kier molecular flexibility index (Phi) is 5.17. The second-order valence-corrected chi connectivity index (χ2v) is 6.15. The van der Waals surface area contributed by atoms with Gasteiger partial charge >= 0.3 is 0 Å². The summed E-state index contributed by atoms with van der Waals surface area (Å²) >= 11 is 13.9. The molecule has 2 aromatic rings. The number of hydrogen-bond donors (Lipinski definition) is 1. The van der Waals surface area contributed by atoms with Crippen LogP contribution in [0, 0.1) is 0 Å². The van der Waals surface area contributed by atoms with E-state index in [0.717, 1.165) is 9.92 Å². The molecule has 0 spiro atoms. The lowest BCUT2D eigenvalue weighted by atomic mass is 10.1. The van der Waals surface area contributed by atoms with E-state index in [1.54, 1.807) is 17.8 Å². The van der Waals surface area contributed by atoms with E-state index in [4.69, 9.17) is 23.2 Å². The smallest absolute Gasteiger partial charge is 0.0546 e. The lowest BCUT2D eigenvalue weighted by Crippen LogP contribution is -2.12. The molecule has 19 heavy (non-hydrogen) atoms. The van der Waals surface area contributed by atoms with Gasteiger partial charge in [0.05, 0.1) is 5.02 Å². The van der Waals surface area contributed by atoms with Crippen LogP contribution >= 0.6 is 35.0 Å². The lowest BCUT2D eigenvalue weighted by Gasteiger charge is -2.15. The van der Waals surface area contributed by atoms with Crippen LogP contribution in [-0.4, -0.2) is 7.05 Å². The Bertz CT molecular complexity index is 572. The fourth-order valence-corrected chi connectivity index (χ4v) is 3.33. The molecule has 0 saturated heterocycles. The first-order valence-electron chi connectivity index (χ1n) is 6.01. The molecule has 100 valence electrons. The molecule has 1 unspecified atom stereocenters. The summed E-state index contributed by atoms with van der Waals surface area (Å²) in [5.41, 5.74) is 1.26. The van der Waals surface area contributed by atoms with E-state index in [0.29, 0.717) is 11.1 Å². The molecule has 2 rings (SSSR count). The highest BCUT2D eigenvalue weighted by Gasteiger charge is 2.11. The van der Waals surface area contributed by atoms with Crippen molar-refractivity contribution in [1.82, 2.24) is 5.32 Å². The Hall–Kier alpha value is -0.670. The van der Waals surface area contributed by atoms with Gasteiger partial charge in [-0.15, -0.1) is 0 Å². The van der Waals surface area contributed by atoms with E-state index in [-0.39, 0.29) is 0 Å². The van der Waals surface area contributed by atoms with Crippen molar-refractivity contribution in [3.8, 4) is 0 Å². The highest BCUT2D eigenvalue weighted by molar-refractivity contribution is 7.99. The number of nitrogens with one attached hydrogen (secondary N) is 1. The molecule has 0 radical (unpaired) electrons. The molecule has 1 nitrogen and oxygen atoms in total. The molecule has 0 aromatic heterocycles. The van der Waals surface area contributed by atoms with Crippen molar-refractivity contribution in [3.63, 3.8) is 0 Å². The zero-order valence-electron chi connectivity index (χ0n) is 10.8. The van der Waals surface area contributed by atoms with Crippen LogP contribution in [0.2, 0.25) is 10.0 Å². The Morgan fingerprint density at radius 1 is 1.05 bits per heavy atom. The van der Waals surface area contributed by atoms with E-state index in [1.807, 2.05) is 31.3 Å². The van der Waals surface area contributed by atoms with Gasteiger partial charge < -0.3 is 5.32 Å². The molecule has 0 heterocycles. The molecule has 0 saturated carbocycles. The molecule has 0 aliphatic rings. The van der Waals surface area contributed by atoms with Crippen LogP contribution in [0.15, 0.2) is 52.3 Å². The van der Waals surface area contributed by atoms with Crippen LogP contribution in [-0.2, 0) is 0 Å². The standard InChI is InChI=1S/C15H15Cl2NS/c1-10(18-2)12-5-3-4-6-14(12)19-15-9-11(16)7-8-13(15)17/h3-10,18H,1-2H3. The van der Waals surface area contributed by atoms with Crippen LogP contribution in [0.4, 0.5) is 0 Å². The van der Waals surface area contributed by atoms with Crippen molar-refractivity contribution in [2.24, 2.45) is 0 Å². The zero-order chi connectivity index (χ0) is 13.8. The summed E-state index contributed by atoms with van der Waals surface area (Å²) in [6.07, 6.45) is 0. The van der Waals surface area contributed by atoms with Crippen LogP contribution in [0.3, 0.4) is 0 Å². The van der Waals surface area contributed by atoms with Crippen molar-refractivity contribution in [2.45, 2.75) is 22.8 Å². The fourth-order valence-electron chi connectivity index (χ4n) is 1.76. The maximum atomic E-state index is 6.22. The average Bonchev–Trinajstić information content (AvgIpc) is 2.42. The quantitative estimate of drug-likeness (QED) is 0.808. The zero-order valence-corrected chi connectivity index (χ0v) is 13.1. The minimum absolute atomic E-state index is 0.293. The molecule has 0 amide bonds. The highest BCUT2D eigenvalue weighted by Crippen LogP contribution is 2.38. The highest BCUT2D eigenvalue weighted by atomic mass is 35.5. The van der Waals surface area contributed by atoms with Gasteiger partial charge in [0.2, 0.25) is 0 Å². The van der Waals surface area contributed by atoms with Crippen molar-refractivity contribution < 1.29 is 0 Å². The van der Waals surface area contributed by atoms with Gasteiger partial charge in [0.25, 0.3) is 0 Å². The monoisotopic (exact) mass is 311 g/mol. The molecular formula is C15H15Cl2NS. The predicted octanol–water partition coefficient (Wildman–Crippen LogP) is 5.43. The Labute approximate surface area is 128 Å². The van der Waals surface area contributed by atoms with E-state index in [1.165, 1.54) is 10.5 Å². The summed E-state index contributed by atoms with van der Waals surface area (Å²) in [6, 6.07) is 14.1. The van der Waals surface area contributed by atoms with Gasteiger partial charge in [-0.3, -0.25) is 0 Å². The van der Waals surface area contributed by atoms with Gasteiger partial charge in [0.1, 0.15) is 0 Å². The number of benzene rings is 2. The maximum absolute atomic E-state index is 6.22. The molecular weight excluding hydrogens is 297 g/mol. The fraction of sp³-hybridized carbons (Fsp3) is 0.200. The van der Waals surface area contributed by atoms with E-state index >= 15 is 0 Å². The third kappa shape index (κ3) is 3.67. The molecule has 4 heteroatoms. The molecule has 0 fully saturated rings. The summed E-state index contributed by atoms with van der Waals surface area (Å²) < 4.78 is 0. The first-order valence-corrected chi connectivity index (χ1v) is 7.58. The summed E-state index contributed by atoms with van der Waals surface area (Å²) in [4.78, 5) is 2.17. The Balaban J connectivity index is 2.35. The molecule has 0 bridgehead atoms. The van der Waals surface area contributed by atoms with Crippen LogP contribution in [0.25, 0.3) is 0 Å². The molecule has 1 N–H and O–H groups in total. The SMILES string of the molecule is CNC(C)c1ccccc1Sc1cc(Cl)ccc1Cl. The largest absolute Gasteiger partial charge is 0.313 e. The van der Waals surface area contributed by atoms with E-state index < -0.39 is 0 Å². The van der Waals surface area contributed by atoms with Gasteiger partial charge in [0.15, 0.2) is 0 Å². The number of halogens is 2. The lowest BCUT2D eigenvalue weighted by molar-refractivity contribution is 0.641. The normalized spacial score (nSPS) is 12.4. The summed E-state index contributed by atoms with van der Waals surface area (Å²) in [5.74, 6) is 0.